The molecule has 0 bridgehead atoms. The number of carbonyl (C=O) groups is 2. The van der Waals surface area contributed by atoms with Crippen molar-refractivity contribution >= 4 is 57.4 Å². The predicted molar refractivity (Wildman–Crippen MR) is 140 cm³/mol. The van der Waals surface area contributed by atoms with E-state index in [2.05, 4.69) is 20.6 Å². The summed E-state index contributed by atoms with van der Waals surface area (Å²) in [7, 11) is 0. The second-order valence-corrected chi connectivity index (χ2v) is 8.70. The molecule has 172 valence electrons. The van der Waals surface area contributed by atoms with Crippen LogP contribution in [0.3, 0.4) is 0 Å². The minimum absolute atomic E-state index is 0.240. The monoisotopic (exact) mass is 500 g/mol. The molecule has 0 unspecified atom stereocenters. The third-order valence-corrected chi connectivity index (χ3v) is 5.80. The number of hydrogen-bond acceptors (Lipinski definition) is 3. The van der Waals surface area contributed by atoms with E-state index in [0.29, 0.717) is 38.4 Å². The van der Waals surface area contributed by atoms with Crippen LogP contribution in [0.2, 0.25) is 10.0 Å². The van der Waals surface area contributed by atoms with Crippen LogP contribution in [0.5, 0.6) is 0 Å². The summed E-state index contributed by atoms with van der Waals surface area (Å²) in [4.78, 5) is 32.9. The number of benzene rings is 4. The van der Waals surface area contributed by atoms with Crippen LogP contribution in [0.4, 0.5) is 11.4 Å². The maximum absolute atomic E-state index is 12.5. The van der Waals surface area contributed by atoms with E-state index in [1.165, 1.54) is 0 Å². The summed E-state index contributed by atoms with van der Waals surface area (Å²) in [5, 5.41) is 6.74. The highest BCUT2D eigenvalue weighted by Gasteiger charge is 2.11. The number of hydrogen-bond donors (Lipinski definition) is 3. The molecule has 5 aromatic rings. The average molecular weight is 501 g/mol. The Labute approximate surface area is 210 Å². The normalized spacial score (nSPS) is 10.8. The molecule has 1 aromatic heterocycles. The summed E-state index contributed by atoms with van der Waals surface area (Å²) < 4.78 is 0. The van der Waals surface area contributed by atoms with Crippen LogP contribution >= 0.6 is 23.2 Å². The zero-order valence-electron chi connectivity index (χ0n) is 18.2. The maximum Gasteiger partial charge on any atom is 0.255 e. The van der Waals surface area contributed by atoms with Crippen LogP contribution in [-0.4, -0.2) is 21.8 Å². The van der Waals surface area contributed by atoms with Gasteiger partial charge in [0.1, 0.15) is 5.82 Å². The number of anilines is 2. The molecule has 6 nitrogen and oxygen atoms in total. The summed E-state index contributed by atoms with van der Waals surface area (Å²) in [5.74, 6) is 0.185. The minimum atomic E-state index is -0.248. The lowest BCUT2D eigenvalue weighted by molar-refractivity contribution is 0.101. The van der Waals surface area contributed by atoms with Gasteiger partial charge >= 0.3 is 0 Å². The van der Waals surface area contributed by atoms with Gasteiger partial charge in [0.05, 0.1) is 11.0 Å². The van der Waals surface area contributed by atoms with E-state index in [4.69, 9.17) is 23.2 Å². The first-order valence-electron chi connectivity index (χ1n) is 10.7. The van der Waals surface area contributed by atoms with Gasteiger partial charge in [-0.25, -0.2) is 4.98 Å². The highest BCUT2D eigenvalue weighted by atomic mass is 35.5. The minimum Gasteiger partial charge on any atom is -0.338 e. The van der Waals surface area contributed by atoms with Gasteiger partial charge in [-0.15, -0.1) is 0 Å². The lowest BCUT2D eigenvalue weighted by Crippen LogP contribution is -2.11. The molecule has 0 fully saturated rings. The third-order valence-electron chi connectivity index (χ3n) is 5.33. The van der Waals surface area contributed by atoms with Gasteiger partial charge < -0.3 is 15.6 Å². The number of aromatic nitrogens is 2. The molecule has 3 N–H and O–H groups in total. The Balaban J connectivity index is 1.31. The van der Waals surface area contributed by atoms with Gasteiger partial charge in [0, 0.05) is 38.1 Å². The van der Waals surface area contributed by atoms with Gasteiger partial charge in [-0.05, 0) is 78.9 Å². The molecule has 1 heterocycles. The number of carbonyl (C=O) groups excluding carboxylic acids is 2. The Morgan fingerprint density at radius 3 is 1.86 bits per heavy atom. The summed E-state index contributed by atoms with van der Waals surface area (Å²) in [6, 6.07) is 26.4. The number of nitrogens with one attached hydrogen (secondary N) is 3. The Bertz CT molecular complexity index is 1560. The molecule has 0 atom stereocenters. The number of H-pyrrole nitrogens is 1. The van der Waals surface area contributed by atoms with Crippen LogP contribution in [0.15, 0.2) is 91.0 Å². The Kier molecular flexibility index (Phi) is 6.23. The van der Waals surface area contributed by atoms with E-state index in [-0.39, 0.29) is 11.8 Å². The molecular weight excluding hydrogens is 483 g/mol. The van der Waals surface area contributed by atoms with Crippen molar-refractivity contribution in [2.75, 3.05) is 10.6 Å². The van der Waals surface area contributed by atoms with Crippen LogP contribution in [0.1, 0.15) is 20.7 Å². The third kappa shape index (κ3) is 5.19. The first kappa shape index (κ1) is 22.7. The van der Waals surface area contributed by atoms with Crippen molar-refractivity contribution in [3.8, 4) is 11.4 Å². The number of rotatable bonds is 5. The molecule has 0 aliphatic rings. The highest BCUT2D eigenvalue weighted by molar-refractivity contribution is 6.31. The first-order valence-corrected chi connectivity index (χ1v) is 11.4. The number of aromatic amines is 1. The molecule has 0 radical (unpaired) electrons. The van der Waals surface area contributed by atoms with E-state index in [0.717, 1.165) is 16.6 Å². The van der Waals surface area contributed by atoms with Crippen molar-refractivity contribution in [3.05, 3.63) is 112 Å². The van der Waals surface area contributed by atoms with Crippen molar-refractivity contribution in [2.24, 2.45) is 0 Å². The molecule has 0 aliphatic heterocycles. The van der Waals surface area contributed by atoms with Gasteiger partial charge in [0.2, 0.25) is 0 Å². The largest absolute Gasteiger partial charge is 0.338 e. The van der Waals surface area contributed by atoms with Crippen LogP contribution in [0, 0.1) is 0 Å². The molecule has 8 heteroatoms. The number of nitrogens with zero attached hydrogens (tertiary/aromatic N) is 1. The van der Waals surface area contributed by atoms with Crippen LogP contribution in [-0.2, 0) is 0 Å². The fraction of sp³-hybridized carbons (Fsp3) is 0. The SMILES string of the molecule is O=C(Nc1ccc(-c2nc3ccc(NC(=O)c4cccc(Cl)c4)cc3[nH]2)cc1)c1cccc(Cl)c1. The second-order valence-electron chi connectivity index (χ2n) is 7.82. The van der Waals surface area contributed by atoms with Gasteiger partial charge in [-0.3, -0.25) is 9.59 Å². The molecular formula is C27H18Cl2N4O2. The Morgan fingerprint density at radius 1 is 0.686 bits per heavy atom. The standard InChI is InChI=1S/C27H18Cl2N4O2/c28-19-5-1-3-17(13-19)26(34)30-21-9-7-16(8-10-21)25-32-23-12-11-22(15-24(23)33-25)31-27(35)18-4-2-6-20(29)14-18/h1-15H,(H,30,34)(H,31,35)(H,32,33). The second kappa shape index (κ2) is 9.62. The van der Waals surface area contributed by atoms with Gasteiger partial charge in [-0.1, -0.05) is 35.3 Å². The number of amides is 2. The maximum atomic E-state index is 12.5. The van der Waals surface area contributed by atoms with Gasteiger partial charge in [0.25, 0.3) is 11.8 Å². The Hall–Kier alpha value is -4.13. The van der Waals surface area contributed by atoms with E-state index >= 15 is 0 Å². The first-order chi connectivity index (χ1) is 16.9. The summed E-state index contributed by atoms with van der Waals surface area (Å²) in [5.41, 5.74) is 4.65. The topological polar surface area (TPSA) is 86.9 Å². The molecule has 4 aromatic carbocycles. The molecule has 0 saturated carbocycles. The zero-order chi connectivity index (χ0) is 24.4. The van der Waals surface area contributed by atoms with E-state index in [9.17, 15) is 9.59 Å². The van der Waals surface area contributed by atoms with E-state index in [1.807, 2.05) is 36.4 Å². The van der Waals surface area contributed by atoms with Crippen molar-refractivity contribution < 1.29 is 9.59 Å². The van der Waals surface area contributed by atoms with Crippen molar-refractivity contribution in [1.82, 2.24) is 9.97 Å². The Morgan fingerprint density at radius 2 is 1.26 bits per heavy atom. The highest BCUT2D eigenvalue weighted by Crippen LogP contribution is 2.25. The quantitative estimate of drug-likeness (QED) is 0.241. The molecule has 0 aliphatic carbocycles. The lowest BCUT2D eigenvalue weighted by Gasteiger charge is -2.06. The average Bonchev–Trinajstić information content (AvgIpc) is 3.28. The molecule has 0 spiro atoms. The zero-order valence-corrected chi connectivity index (χ0v) is 19.7. The lowest BCUT2D eigenvalue weighted by atomic mass is 10.1. The number of fused-ring (bicyclic) bond motifs is 1. The fourth-order valence-electron chi connectivity index (χ4n) is 3.60. The summed E-state index contributed by atoms with van der Waals surface area (Å²) >= 11 is 11.9. The summed E-state index contributed by atoms with van der Waals surface area (Å²) in [6.07, 6.45) is 0. The van der Waals surface area contributed by atoms with Gasteiger partial charge in [-0.2, -0.15) is 0 Å². The molecule has 5 rings (SSSR count). The van der Waals surface area contributed by atoms with E-state index < -0.39 is 0 Å². The molecule has 0 saturated heterocycles. The van der Waals surface area contributed by atoms with E-state index in [1.54, 1.807) is 54.6 Å². The van der Waals surface area contributed by atoms with Crippen molar-refractivity contribution in [2.45, 2.75) is 0 Å². The molecule has 35 heavy (non-hydrogen) atoms. The number of imidazole rings is 1. The van der Waals surface area contributed by atoms with Gasteiger partial charge in [0.15, 0.2) is 0 Å². The van der Waals surface area contributed by atoms with Crippen molar-refractivity contribution in [1.29, 1.82) is 0 Å². The predicted octanol–water partition coefficient (Wildman–Crippen LogP) is 7.04. The van der Waals surface area contributed by atoms with Crippen molar-refractivity contribution in [3.63, 3.8) is 0 Å². The van der Waals surface area contributed by atoms with Crippen LogP contribution < -0.4 is 10.6 Å². The number of halogens is 2. The fourth-order valence-corrected chi connectivity index (χ4v) is 3.98. The smallest absolute Gasteiger partial charge is 0.255 e. The summed E-state index contributed by atoms with van der Waals surface area (Å²) in [6.45, 7) is 0. The van der Waals surface area contributed by atoms with Crippen LogP contribution in [0.25, 0.3) is 22.4 Å². The molecule has 2 amide bonds.